The molecule has 0 atom stereocenters. The number of anilines is 3. The third kappa shape index (κ3) is 4.92. The molecule has 11 nitrogen and oxygen atoms in total. The molecule has 0 saturated heterocycles. The highest BCUT2D eigenvalue weighted by Crippen LogP contribution is 2.41. The number of nitrogens with one attached hydrogen (secondary N) is 2. The van der Waals surface area contributed by atoms with Gasteiger partial charge in [0.05, 0.1) is 35.7 Å². The van der Waals surface area contributed by atoms with Crippen LogP contribution < -0.4 is 15.4 Å². The molecular weight excluding hydrogens is 436 g/mol. The zero-order chi connectivity index (χ0) is 23.7. The van der Waals surface area contributed by atoms with Gasteiger partial charge in [-0.25, -0.2) is 29.7 Å². The normalized spacial score (nSPS) is 14.9. The number of hydrogen-bond acceptors (Lipinski definition) is 9. The Labute approximate surface area is 196 Å². The molecule has 0 spiro atoms. The fraction of sp³-hybridized carbons (Fsp3) is 0.348. The zero-order valence-corrected chi connectivity index (χ0v) is 18.9. The van der Waals surface area contributed by atoms with Crippen molar-refractivity contribution in [2.75, 3.05) is 24.7 Å². The number of aromatic nitrogens is 5. The molecule has 2 aliphatic rings. The first-order chi connectivity index (χ1) is 16.5. The molecule has 0 aromatic carbocycles. The van der Waals surface area contributed by atoms with Crippen LogP contribution in [0.4, 0.5) is 22.0 Å². The molecule has 2 aliphatic carbocycles. The van der Waals surface area contributed by atoms with Crippen LogP contribution in [-0.4, -0.2) is 55.9 Å². The van der Waals surface area contributed by atoms with Crippen LogP contribution in [0, 0.1) is 0 Å². The summed E-state index contributed by atoms with van der Waals surface area (Å²) in [6.07, 6.45) is 9.56. The van der Waals surface area contributed by atoms with Crippen LogP contribution in [0.5, 0.6) is 5.88 Å². The van der Waals surface area contributed by atoms with Crippen molar-refractivity contribution in [1.82, 2.24) is 29.8 Å². The van der Waals surface area contributed by atoms with Crippen molar-refractivity contribution < 1.29 is 14.3 Å². The highest BCUT2D eigenvalue weighted by molar-refractivity contribution is 6.01. The van der Waals surface area contributed by atoms with Crippen molar-refractivity contribution in [2.24, 2.45) is 0 Å². The summed E-state index contributed by atoms with van der Waals surface area (Å²) < 4.78 is 5.55. The minimum Gasteiger partial charge on any atom is -0.387 e. The molecule has 3 aromatic heterocycles. The van der Waals surface area contributed by atoms with E-state index in [4.69, 9.17) is 4.74 Å². The van der Waals surface area contributed by atoms with E-state index in [0.717, 1.165) is 37.1 Å². The van der Waals surface area contributed by atoms with E-state index in [1.54, 1.807) is 38.8 Å². The highest BCUT2D eigenvalue weighted by Gasteiger charge is 2.29. The first-order valence-electron chi connectivity index (χ1n) is 11.1. The van der Waals surface area contributed by atoms with Gasteiger partial charge in [-0.2, -0.15) is 0 Å². The second kappa shape index (κ2) is 9.00. The van der Waals surface area contributed by atoms with Gasteiger partial charge >= 0.3 is 6.09 Å². The first kappa shape index (κ1) is 21.7. The fourth-order valence-corrected chi connectivity index (χ4v) is 3.40. The Kier molecular flexibility index (Phi) is 5.74. The molecule has 34 heavy (non-hydrogen) atoms. The van der Waals surface area contributed by atoms with Gasteiger partial charge in [0, 0.05) is 31.6 Å². The molecule has 0 bridgehead atoms. The Hall–Kier alpha value is -4.15. The summed E-state index contributed by atoms with van der Waals surface area (Å²) >= 11 is 0. The van der Waals surface area contributed by atoms with Crippen LogP contribution in [-0.2, 0) is 0 Å². The van der Waals surface area contributed by atoms with E-state index >= 15 is 0 Å². The molecule has 0 unspecified atom stereocenters. The van der Waals surface area contributed by atoms with Crippen molar-refractivity contribution >= 4 is 29.2 Å². The van der Waals surface area contributed by atoms with Gasteiger partial charge in [0.2, 0.25) is 0 Å². The Morgan fingerprint density at radius 3 is 2.35 bits per heavy atom. The highest BCUT2D eigenvalue weighted by atomic mass is 16.6. The summed E-state index contributed by atoms with van der Waals surface area (Å²) in [5.74, 6) is 0.649. The average Bonchev–Trinajstić information content (AvgIpc) is 3.74. The Bertz CT molecular complexity index is 1230. The van der Waals surface area contributed by atoms with Gasteiger partial charge in [-0.15, -0.1) is 0 Å². The number of amides is 2. The smallest absolute Gasteiger partial charge is 0.387 e. The number of ether oxygens (including phenoxy) is 1. The van der Waals surface area contributed by atoms with Crippen LogP contribution in [0.15, 0.2) is 37.1 Å². The molecule has 174 valence electrons. The third-order valence-corrected chi connectivity index (χ3v) is 5.53. The van der Waals surface area contributed by atoms with Crippen molar-refractivity contribution in [2.45, 2.75) is 37.5 Å². The summed E-state index contributed by atoms with van der Waals surface area (Å²) in [5, 5.41) is 5.67. The van der Waals surface area contributed by atoms with Crippen LogP contribution in [0.25, 0.3) is 0 Å². The van der Waals surface area contributed by atoms with Crippen LogP contribution in [0.2, 0.25) is 0 Å². The second-order valence-electron chi connectivity index (χ2n) is 8.60. The topological polar surface area (TPSA) is 135 Å². The van der Waals surface area contributed by atoms with Crippen LogP contribution in [0.1, 0.15) is 59.4 Å². The lowest BCUT2D eigenvalue weighted by atomic mass is 10.2. The van der Waals surface area contributed by atoms with Crippen molar-refractivity contribution in [3.8, 4) is 5.88 Å². The molecule has 11 heteroatoms. The molecule has 3 aromatic rings. The van der Waals surface area contributed by atoms with E-state index in [0.29, 0.717) is 17.5 Å². The lowest BCUT2D eigenvalue weighted by Crippen LogP contribution is -2.26. The standard InChI is InChI=1S/C23H24N8O3/c1-31(2)22(32)19-17(8-7-16(28-19)13-3-4-13)30-23(33)34-21-20(27-15-9-24-12-25-10-15)26-11-18(29-21)14-5-6-14/h7-14H,3-6H2,1-2H3,(H,26,27)(H,30,33). The van der Waals surface area contributed by atoms with E-state index in [1.807, 2.05) is 6.07 Å². The molecule has 5 rings (SSSR count). The van der Waals surface area contributed by atoms with Crippen molar-refractivity contribution in [1.29, 1.82) is 0 Å². The van der Waals surface area contributed by atoms with Gasteiger partial charge < -0.3 is 15.0 Å². The van der Waals surface area contributed by atoms with Gasteiger partial charge in [0.15, 0.2) is 11.5 Å². The summed E-state index contributed by atoms with van der Waals surface area (Å²) in [7, 11) is 3.28. The van der Waals surface area contributed by atoms with Crippen LogP contribution in [0.3, 0.4) is 0 Å². The van der Waals surface area contributed by atoms with Gasteiger partial charge in [0.25, 0.3) is 11.8 Å². The Morgan fingerprint density at radius 2 is 1.68 bits per heavy atom. The monoisotopic (exact) mass is 460 g/mol. The summed E-state index contributed by atoms with van der Waals surface area (Å²) in [6, 6.07) is 3.51. The number of carbonyl (C=O) groups excluding carboxylic acids is 2. The minimum absolute atomic E-state index is 0.0220. The lowest BCUT2D eigenvalue weighted by Gasteiger charge is -2.16. The number of carbonyl (C=O) groups is 2. The Morgan fingerprint density at radius 1 is 0.971 bits per heavy atom. The molecule has 2 saturated carbocycles. The maximum Gasteiger partial charge on any atom is 0.418 e. The minimum atomic E-state index is -0.802. The zero-order valence-electron chi connectivity index (χ0n) is 18.9. The van der Waals surface area contributed by atoms with E-state index < -0.39 is 6.09 Å². The lowest BCUT2D eigenvalue weighted by molar-refractivity contribution is 0.0823. The molecule has 3 heterocycles. The SMILES string of the molecule is CN(C)C(=O)c1nc(C2CC2)ccc1NC(=O)Oc1nc(C2CC2)cnc1Nc1cncnc1. The number of hydrogen-bond donors (Lipinski definition) is 2. The number of pyridine rings is 1. The maximum absolute atomic E-state index is 12.9. The predicted molar refractivity (Wildman–Crippen MR) is 123 cm³/mol. The number of nitrogens with zero attached hydrogens (tertiary/aromatic N) is 6. The molecule has 2 fully saturated rings. The average molecular weight is 460 g/mol. The Balaban J connectivity index is 1.39. The van der Waals surface area contributed by atoms with Crippen molar-refractivity contribution in [3.63, 3.8) is 0 Å². The summed E-state index contributed by atoms with van der Waals surface area (Å²) in [4.78, 5) is 48.3. The molecule has 2 N–H and O–H groups in total. The molecule has 0 aliphatic heterocycles. The summed E-state index contributed by atoms with van der Waals surface area (Å²) in [6.45, 7) is 0. The van der Waals surface area contributed by atoms with E-state index in [9.17, 15) is 9.59 Å². The molecule has 0 radical (unpaired) electrons. The fourth-order valence-electron chi connectivity index (χ4n) is 3.40. The van der Waals surface area contributed by atoms with E-state index in [1.165, 1.54) is 11.2 Å². The van der Waals surface area contributed by atoms with Gasteiger partial charge in [-0.05, 0) is 37.8 Å². The van der Waals surface area contributed by atoms with E-state index in [-0.39, 0.29) is 29.0 Å². The van der Waals surface area contributed by atoms with Gasteiger partial charge in [-0.1, -0.05) is 0 Å². The first-order valence-corrected chi connectivity index (χ1v) is 11.1. The van der Waals surface area contributed by atoms with Gasteiger partial charge in [0.1, 0.15) is 6.33 Å². The van der Waals surface area contributed by atoms with Crippen molar-refractivity contribution in [3.05, 3.63) is 54.1 Å². The maximum atomic E-state index is 12.9. The quantitative estimate of drug-likeness (QED) is 0.543. The second-order valence-corrected chi connectivity index (χ2v) is 8.60. The predicted octanol–water partition coefficient (Wildman–Crippen LogP) is 3.47. The molecule has 2 amide bonds. The summed E-state index contributed by atoms with van der Waals surface area (Å²) in [5.41, 5.74) is 2.62. The molecular formula is C23H24N8O3. The third-order valence-electron chi connectivity index (χ3n) is 5.53. The largest absolute Gasteiger partial charge is 0.418 e. The number of rotatable bonds is 7. The van der Waals surface area contributed by atoms with E-state index in [2.05, 4.69) is 35.6 Å². The van der Waals surface area contributed by atoms with Crippen LogP contribution >= 0.6 is 0 Å². The van der Waals surface area contributed by atoms with Gasteiger partial charge in [-0.3, -0.25) is 10.1 Å².